The molecular weight excluding hydrogens is 286 g/mol. The number of benzene rings is 1. The highest BCUT2D eigenvalue weighted by Crippen LogP contribution is 2.61. The monoisotopic (exact) mass is 305 g/mol. The maximum Gasteiger partial charge on any atom is 0.0326 e. The summed E-state index contributed by atoms with van der Waals surface area (Å²) in [5.74, 6) is 1.06. The number of rotatable bonds is 4. The Balaban J connectivity index is 1.47. The van der Waals surface area contributed by atoms with Gasteiger partial charge < -0.3 is 5.32 Å². The lowest BCUT2D eigenvalue weighted by Gasteiger charge is -2.20. The lowest BCUT2D eigenvalue weighted by molar-refractivity contribution is 0.373. The third-order valence-corrected chi connectivity index (χ3v) is 5.99. The molecule has 3 aliphatic carbocycles. The van der Waals surface area contributed by atoms with Crippen molar-refractivity contribution in [1.29, 1.82) is 0 Å². The lowest BCUT2D eigenvalue weighted by atomic mass is 9.99. The molecule has 1 aromatic rings. The Morgan fingerprint density at radius 1 is 1.22 bits per heavy atom. The first kappa shape index (κ1) is 11.5. The second-order valence-electron chi connectivity index (χ2n) is 6.42. The summed E-state index contributed by atoms with van der Waals surface area (Å²) in [5.41, 5.74) is 3.79. The molecule has 0 bridgehead atoms. The fourth-order valence-electron chi connectivity index (χ4n) is 3.73. The molecule has 18 heavy (non-hydrogen) atoms. The third-order valence-electron chi connectivity index (χ3n) is 5.25. The highest BCUT2D eigenvalue weighted by Gasteiger charge is 2.53. The normalized spacial score (nSPS) is 28.2. The van der Waals surface area contributed by atoms with E-state index in [0.717, 1.165) is 11.3 Å². The quantitative estimate of drug-likeness (QED) is 0.878. The van der Waals surface area contributed by atoms with E-state index in [9.17, 15) is 0 Å². The Kier molecular flexibility index (Phi) is 2.60. The molecule has 2 saturated carbocycles. The molecule has 96 valence electrons. The van der Waals surface area contributed by atoms with Crippen molar-refractivity contribution in [2.24, 2.45) is 11.3 Å². The molecule has 2 heteroatoms. The number of halogens is 1. The van der Waals surface area contributed by atoms with Crippen LogP contribution >= 0.6 is 15.9 Å². The van der Waals surface area contributed by atoms with E-state index in [2.05, 4.69) is 39.4 Å². The van der Waals surface area contributed by atoms with Crippen molar-refractivity contribution in [3.63, 3.8) is 0 Å². The van der Waals surface area contributed by atoms with Crippen molar-refractivity contribution in [1.82, 2.24) is 5.32 Å². The zero-order valence-corrected chi connectivity index (χ0v) is 12.3. The lowest BCUT2D eigenvalue weighted by Crippen LogP contribution is -2.28. The maximum atomic E-state index is 3.87. The van der Waals surface area contributed by atoms with Crippen LogP contribution in [0.15, 0.2) is 22.7 Å². The molecule has 4 rings (SSSR count). The smallest absolute Gasteiger partial charge is 0.0326 e. The van der Waals surface area contributed by atoms with Crippen molar-refractivity contribution in [2.45, 2.75) is 44.6 Å². The summed E-state index contributed by atoms with van der Waals surface area (Å²) < 4.78 is 1.30. The van der Waals surface area contributed by atoms with Crippen LogP contribution in [0.5, 0.6) is 0 Å². The largest absolute Gasteiger partial charge is 0.309 e. The van der Waals surface area contributed by atoms with Crippen molar-refractivity contribution in [2.75, 3.05) is 6.54 Å². The second kappa shape index (κ2) is 4.08. The van der Waals surface area contributed by atoms with E-state index in [1.807, 2.05) is 0 Å². The van der Waals surface area contributed by atoms with Gasteiger partial charge in [0.15, 0.2) is 0 Å². The van der Waals surface area contributed by atoms with Crippen LogP contribution in [0.1, 0.15) is 49.3 Å². The van der Waals surface area contributed by atoms with Gasteiger partial charge in [0.1, 0.15) is 0 Å². The summed E-state index contributed by atoms with van der Waals surface area (Å²) in [5, 5.41) is 3.87. The predicted octanol–water partition coefficient (Wildman–Crippen LogP) is 4.22. The summed E-state index contributed by atoms with van der Waals surface area (Å²) in [6.07, 6.45) is 8.44. The maximum absolute atomic E-state index is 3.87. The molecule has 3 aliphatic rings. The Morgan fingerprint density at radius 3 is 2.78 bits per heavy atom. The summed E-state index contributed by atoms with van der Waals surface area (Å²) in [7, 11) is 0. The number of hydrogen-bond donors (Lipinski definition) is 1. The first-order valence-electron chi connectivity index (χ1n) is 7.29. The van der Waals surface area contributed by atoms with Crippen LogP contribution in [0, 0.1) is 11.3 Å². The van der Waals surface area contributed by atoms with Gasteiger partial charge in [0.25, 0.3) is 0 Å². The molecule has 1 N–H and O–H groups in total. The highest BCUT2D eigenvalue weighted by molar-refractivity contribution is 9.10. The van der Waals surface area contributed by atoms with Gasteiger partial charge in [-0.3, -0.25) is 0 Å². The van der Waals surface area contributed by atoms with E-state index in [1.165, 1.54) is 60.7 Å². The van der Waals surface area contributed by atoms with E-state index in [4.69, 9.17) is 0 Å². The van der Waals surface area contributed by atoms with Crippen LogP contribution in [0.3, 0.4) is 0 Å². The fourth-order valence-corrected chi connectivity index (χ4v) is 4.31. The molecule has 0 aliphatic heterocycles. The SMILES string of the molecule is Brc1cccc2c1CCC2NCC1(C2CC2)CC1. The average Bonchev–Trinajstić information content (AvgIpc) is 3.25. The molecule has 0 spiro atoms. The van der Waals surface area contributed by atoms with Gasteiger partial charge in [0, 0.05) is 17.1 Å². The van der Waals surface area contributed by atoms with Gasteiger partial charge in [0.05, 0.1) is 0 Å². The minimum atomic E-state index is 0.605. The van der Waals surface area contributed by atoms with Gasteiger partial charge in [-0.1, -0.05) is 28.1 Å². The molecule has 0 saturated heterocycles. The first-order chi connectivity index (χ1) is 8.78. The Bertz CT molecular complexity index is 474. The summed E-state index contributed by atoms with van der Waals surface area (Å²) >= 11 is 3.68. The highest BCUT2D eigenvalue weighted by atomic mass is 79.9. The van der Waals surface area contributed by atoms with Crippen LogP contribution in [0.2, 0.25) is 0 Å². The van der Waals surface area contributed by atoms with Crippen molar-refractivity contribution in [3.8, 4) is 0 Å². The number of nitrogens with one attached hydrogen (secondary N) is 1. The summed E-state index contributed by atoms with van der Waals surface area (Å²) in [6.45, 7) is 1.26. The average molecular weight is 306 g/mol. The van der Waals surface area contributed by atoms with Crippen LogP contribution in [0.25, 0.3) is 0 Å². The van der Waals surface area contributed by atoms with E-state index < -0.39 is 0 Å². The molecule has 0 heterocycles. The Morgan fingerprint density at radius 2 is 2.06 bits per heavy atom. The van der Waals surface area contributed by atoms with Crippen LogP contribution in [-0.4, -0.2) is 6.54 Å². The predicted molar refractivity (Wildman–Crippen MR) is 77.6 cm³/mol. The van der Waals surface area contributed by atoms with Gasteiger partial charge in [-0.25, -0.2) is 0 Å². The molecule has 1 unspecified atom stereocenters. The van der Waals surface area contributed by atoms with Crippen LogP contribution in [-0.2, 0) is 6.42 Å². The molecule has 1 aromatic carbocycles. The minimum absolute atomic E-state index is 0.605. The molecule has 0 amide bonds. The number of fused-ring (bicyclic) bond motifs is 1. The molecule has 2 fully saturated rings. The molecule has 0 radical (unpaired) electrons. The van der Waals surface area contributed by atoms with Crippen molar-refractivity contribution >= 4 is 15.9 Å². The van der Waals surface area contributed by atoms with Crippen LogP contribution < -0.4 is 5.32 Å². The van der Waals surface area contributed by atoms with E-state index in [0.29, 0.717) is 6.04 Å². The van der Waals surface area contributed by atoms with E-state index in [1.54, 1.807) is 0 Å². The summed E-state index contributed by atoms with van der Waals surface area (Å²) in [6, 6.07) is 7.26. The van der Waals surface area contributed by atoms with Gasteiger partial charge >= 0.3 is 0 Å². The van der Waals surface area contributed by atoms with Crippen molar-refractivity contribution in [3.05, 3.63) is 33.8 Å². The van der Waals surface area contributed by atoms with Crippen LogP contribution in [0.4, 0.5) is 0 Å². The van der Waals surface area contributed by atoms with Gasteiger partial charge in [-0.05, 0) is 67.1 Å². The fraction of sp³-hybridized carbons (Fsp3) is 0.625. The zero-order chi connectivity index (χ0) is 12.2. The van der Waals surface area contributed by atoms with Gasteiger partial charge in [-0.15, -0.1) is 0 Å². The second-order valence-corrected chi connectivity index (χ2v) is 7.27. The van der Waals surface area contributed by atoms with Gasteiger partial charge in [0.2, 0.25) is 0 Å². The molecular formula is C16H20BrN. The zero-order valence-electron chi connectivity index (χ0n) is 10.7. The molecule has 1 nitrogen and oxygen atoms in total. The molecule has 1 atom stereocenters. The van der Waals surface area contributed by atoms with Crippen molar-refractivity contribution < 1.29 is 0 Å². The number of hydrogen-bond acceptors (Lipinski definition) is 1. The van der Waals surface area contributed by atoms with Gasteiger partial charge in [-0.2, -0.15) is 0 Å². The summed E-state index contributed by atoms with van der Waals surface area (Å²) in [4.78, 5) is 0. The van der Waals surface area contributed by atoms with E-state index in [-0.39, 0.29) is 0 Å². The van der Waals surface area contributed by atoms with E-state index >= 15 is 0 Å². The molecule has 0 aromatic heterocycles. The Hall–Kier alpha value is -0.340. The minimum Gasteiger partial charge on any atom is -0.309 e. The topological polar surface area (TPSA) is 12.0 Å². The Labute approximate surface area is 117 Å². The third kappa shape index (κ3) is 1.85. The first-order valence-corrected chi connectivity index (χ1v) is 8.08. The standard InChI is InChI=1S/C16H20BrN/c17-14-3-1-2-13-12(14)6-7-15(13)18-10-16(8-9-16)11-4-5-11/h1-3,11,15,18H,4-10H2.